The van der Waals surface area contributed by atoms with E-state index in [9.17, 15) is 0 Å². The molecule has 2 aromatic heterocycles. The SMILES string of the molecule is Cc1ccc(Nc2nc(N3C[C@H](C)O[C@@H](C)C3)nc3nccnc23)c(C)c1. The van der Waals surface area contributed by atoms with Crippen LogP contribution in [0.2, 0.25) is 0 Å². The van der Waals surface area contributed by atoms with Gasteiger partial charge in [-0.2, -0.15) is 9.97 Å². The van der Waals surface area contributed by atoms with Gasteiger partial charge in [0, 0.05) is 31.2 Å². The summed E-state index contributed by atoms with van der Waals surface area (Å²) in [6.45, 7) is 9.80. The third-order valence-corrected chi connectivity index (χ3v) is 4.66. The van der Waals surface area contributed by atoms with Crippen molar-refractivity contribution < 1.29 is 4.74 Å². The minimum Gasteiger partial charge on any atom is -0.372 e. The Kier molecular flexibility index (Phi) is 4.61. The number of fused-ring (bicyclic) bond motifs is 1. The van der Waals surface area contributed by atoms with Gasteiger partial charge in [0.1, 0.15) is 0 Å². The van der Waals surface area contributed by atoms with E-state index in [1.54, 1.807) is 12.4 Å². The Hall–Kier alpha value is -2.80. The molecular formula is C20H24N6O. The summed E-state index contributed by atoms with van der Waals surface area (Å²) in [6.07, 6.45) is 3.58. The minimum atomic E-state index is 0.130. The summed E-state index contributed by atoms with van der Waals surface area (Å²) in [4.78, 5) is 20.5. The molecule has 0 bridgehead atoms. The molecule has 7 heteroatoms. The first-order valence-electron chi connectivity index (χ1n) is 9.23. The normalized spacial score (nSPS) is 20.1. The highest BCUT2D eigenvalue weighted by molar-refractivity contribution is 5.86. The molecule has 3 aromatic rings. The summed E-state index contributed by atoms with van der Waals surface area (Å²) in [5, 5.41) is 3.43. The molecule has 140 valence electrons. The molecule has 27 heavy (non-hydrogen) atoms. The predicted octanol–water partition coefficient (Wildman–Crippen LogP) is 3.39. The molecule has 3 heterocycles. The summed E-state index contributed by atoms with van der Waals surface area (Å²) in [7, 11) is 0. The summed E-state index contributed by atoms with van der Waals surface area (Å²) in [5.41, 5.74) is 4.63. The Labute approximate surface area is 158 Å². The van der Waals surface area contributed by atoms with Gasteiger partial charge in [-0.1, -0.05) is 17.7 Å². The van der Waals surface area contributed by atoms with Crippen molar-refractivity contribution in [3.05, 3.63) is 41.7 Å². The fourth-order valence-electron chi connectivity index (χ4n) is 3.50. The topological polar surface area (TPSA) is 76.1 Å². The summed E-state index contributed by atoms with van der Waals surface area (Å²) in [5.74, 6) is 1.32. The number of hydrogen-bond donors (Lipinski definition) is 1. The van der Waals surface area contributed by atoms with Gasteiger partial charge in [0.15, 0.2) is 17.0 Å². The monoisotopic (exact) mass is 364 g/mol. The minimum absolute atomic E-state index is 0.130. The van der Waals surface area contributed by atoms with Crippen LogP contribution in [0.5, 0.6) is 0 Å². The lowest BCUT2D eigenvalue weighted by Crippen LogP contribution is -2.46. The van der Waals surface area contributed by atoms with Crippen molar-refractivity contribution in [2.24, 2.45) is 0 Å². The van der Waals surface area contributed by atoms with E-state index in [0.29, 0.717) is 22.9 Å². The number of benzene rings is 1. The van der Waals surface area contributed by atoms with Crippen molar-refractivity contribution in [2.75, 3.05) is 23.3 Å². The number of nitrogens with one attached hydrogen (secondary N) is 1. The van der Waals surface area contributed by atoms with E-state index in [1.807, 2.05) is 0 Å². The van der Waals surface area contributed by atoms with E-state index in [-0.39, 0.29) is 12.2 Å². The van der Waals surface area contributed by atoms with E-state index >= 15 is 0 Å². The largest absolute Gasteiger partial charge is 0.372 e. The van der Waals surface area contributed by atoms with Gasteiger partial charge in [-0.3, -0.25) is 0 Å². The van der Waals surface area contributed by atoms with Crippen molar-refractivity contribution in [2.45, 2.75) is 39.9 Å². The number of morpholine rings is 1. The molecule has 4 rings (SSSR count). The molecule has 0 aliphatic carbocycles. The molecular weight excluding hydrogens is 340 g/mol. The molecule has 0 amide bonds. The van der Waals surface area contributed by atoms with Crippen LogP contribution in [0, 0.1) is 13.8 Å². The van der Waals surface area contributed by atoms with E-state index in [4.69, 9.17) is 9.72 Å². The Bertz CT molecular complexity index is 966. The Morgan fingerprint density at radius 3 is 2.52 bits per heavy atom. The van der Waals surface area contributed by atoms with Gasteiger partial charge < -0.3 is 15.0 Å². The zero-order chi connectivity index (χ0) is 19.0. The maximum Gasteiger partial charge on any atom is 0.229 e. The maximum atomic E-state index is 5.84. The number of aromatic nitrogens is 4. The van der Waals surface area contributed by atoms with Crippen molar-refractivity contribution >= 4 is 28.6 Å². The molecule has 1 saturated heterocycles. The van der Waals surface area contributed by atoms with Crippen molar-refractivity contribution in [1.29, 1.82) is 0 Å². The lowest BCUT2D eigenvalue weighted by Gasteiger charge is -2.35. The van der Waals surface area contributed by atoms with Crippen LogP contribution in [0.3, 0.4) is 0 Å². The Balaban J connectivity index is 1.76. The van der Waals surface area contributed by atoms with E-state index in [1.165, 1.54) is 5.56 Å². The second kappa shape index (κ2) is 7.08. The molecule has 1 fully saturated rings. The second-order valence-corrected chi connectivity index (χ2v) is 7.21. The standard InChI is InChI=1S/C20H24N6O/c1-12-5-6-16(13(2)9-12)23-19-17-18(22-8-7-21-17)24-20(25-19)26-10-14(3)27-15(4)11-26/h5-9,14-15H,10-11H2,1-4H3,(H,22,23,24,25)/t14-,15-/m0/s1. The average Bonchev–Trinajstić information content (AvgIpc) is 2.63. The van der Waals surface area contributed by atoms with Crippen molar-refractivity contribution in [3.63, 3.8) is 0 Å². The zero-order valence-corrected chi connectivity index (χ0v) is 16.1. The lowest BCUT2D eigenvalue weighted by molar-refractivity contribution is -0.00569. The van der Waals surface area contributed by atoms with Crippen molar-refractivity contribution in [1.82, 2.24) is 19.9 Å². The lowest BCUT2D eigenvalue weighted by atomic mass is 10.1. The number of rotatable bonds is 3. The number of hydrogen-bond acceptors (Lipinski definition) is 7. The molecule has 1 aliphatic heterocycles. The van der Waals surface area contributed by atoms with Gasteiger partial charge in [0.25, 0.3) is 0 Å². The van der Waals surface area contributed by atoms with Crippen LogP contribution in [0.15, 0.2) is 30.6 Å². The predicted molar refractivity (Wildman–Crippen MR) is 107 cm³/mol. The smallest absolute Gasteiger partial charge is 0.229 e. The van der Waals surface area contributed by atoms with Gasteiger partial charge in [-0.05, 0) is 39.3 Å². The van der Waals surface area contributed by atoms with E-state index in [0.717, 1.165) is 24.3 Å². The average molecular weight is 364 g/mol. The van der Waals surface area contributed by atoms with Crippen LogP contribution in [0.25, 0.3) is 11.2 Å². The van der Waals surface area contributed by atoms with Crippen LogP contribution in [-0.4, -0.2) is 45.2 Å². The van der Waals surface area contributed by atoms with Crippen LogP contribution >= 0.6 is 0 Å². The highest BCUT2D eigenvalue weighted by Crippen LogP contribution is 2.27. The van der Waals surface area contributed by atoms with Crippen molar-refractivity contribution in [3.8, 4) is 0 Å². The molecule has 0 radical (unpaired) electrons. The first kappa shape index (κ1) is 17.6. The van der Waals surface area contributed by atoms with Gasteiger partial charge >= 0.3 is 0 Å². The fourth-order valence-corrected chi connectivity index (χ4v) is 3.50. The summed E-state index contributed by atoms with van der Waals surface area (Å²) in [6, 6.07) is 6.29. The Morgan fingerprint density at radius 2 is 1.78 bits per heavy atom. The van der Waals surface area contributed by atoms with Crippen LogP contribution in [-0.2, 0) is 4.74 Å². The highest BCUT2D eigenvalue weighted by atomic mass is 16.5. The molecule has 0 unspecified atom stereocenters. The van der Waals surface area contributed by atoms with Gasteiger partial charge in [-0.15, -0.1) is 0 Å². The Morgan fingerprint density at radius 1 is 1.04 bits per heavy atom. The van der Waals surface area contributed by atoms with Gasteiger partial charge in [0.05, 0.1) is 12.2 Å². The maximum absolute atomic E-state index is 5.84. The zero-order valence-electron chi connectivity index (χ0n) is 16.1. The quantitative estimate of drug-likeness (QED) is 0.763. The fraction of sp³-hybridized carbons (Fsp3) is 0.400. The molecule has 2 atom stereocenters. The third kappa shape index (κ3) is 3.68. The third-order valence-electron chi connectivity index (χ3n) is 4.66. The molecule has 7 nitrogen and oxygen atoms in total. The number of aryl methyl sites for hydroxylation is 2. The van der Waals surface area contributed by atoms with Crippen LogP contribution < -0.4 is 10.2 Å². The molecule has 0 saturated carbocycles. The van der Waals surface area contributed by atoms with E-state index < -0.39 is 0 Å². The first-order valence-corrected chi connectivity index (χ1v) is 9.23. The van der Waals surface area contributed by atoms with Crippen LogP contribution in [0.4, 0.5) is 17.5 Å². The molecule has 0 spiro atoms. The number of anilines is 3. The van der Waals surface area contributed by atoms with Gasteiger partial charge in [0.2, 0.25) is 5.95 Å². The molecule has 1 aromatic carbocycles. The number of ether oxygens (including phenoxy) is 1. The van der Waals surface area contributed by atoms with E-state index in [2.05, 4.69) is 71.1 Å². The highest BCUT2D eigenvalue weighted by Gasteiger charge is 2.25. The molecule has 1 aliphatic rings. The van der Waals surface area contributed by atoms with Crippen LogP contribution in [0.1, 0.15) is 25.0 Å². The first-order chi connectivity index (χ1) is 13.0. The van der Waals surface area contributed by atoms with Gasteiger partial charge in [-0.25, -0.2) is 9.97 Å². The second-order valence-electron chi connectivity index (χ2n) is 7.21. The number of nitrogens with zero attached hydrogens (tertiary/aromatic N) is 5. The summed E-state index contributed by atoms with van der Waals surface area (Å²) >= 11 is 0. The molecule has 1 N–H and O–H groups in total. The summed E-state index contributed by atoms with van der Waals surface area (Å²) < 4.78 is 5.84.